The van der Waals surface area contributed by atoms with Crippen LogP contribution in [-0.2, 0) is 6.18 Å². The Bertz CT molecular complexity index is 748. The Balaban J connectivity index is 0.000000924. The van der Waals surface area contributed by atoms with Crippen molar-refractivity contribution in [1.82, 2.24) is 0 Å². The highest BCUT2D eigenvalue weighted by atomic mass is 32.2. The van der Waals surface area contributed by atoms with Gasteiger partial charge in [-0.25, -0.2) is 0 Å². The number of nitrogens with one attached hydrogen (secondary N) is 1. The lowest BCUT2D eigenvalue weighted by Crippen LogP contribution is -2.07. The van der Waals surface area contributed by atoms with Gasteiger partial charge in [-0.3, -0.25) is 10.1 Å². The van der Waals surface area contributed by atoms with Crippen molar-refractivity contribution in [3.63, 3.8) is 0 Å². The summed E-state index contributed by atoms with van der Waals surface area (Å²) in [4.78, 5) is 11.4. The van der Waals surface area contributed by atoms with E-state index in [9.17, 15) is 23.3 Å². The van der Waals surface area contributed by atoms with Crippen LogP contribution < -0.4 is 5.32 Å². The molecule has 1 aliphatic heterocycles. The lowest BCUT2D eigenvalue weighted by molar-refractivity contribution is -0.385. The maximum atomic E-state index is 12.7. The molecule has 1 heterocycles. The molecule has 4 nitrogen and oxygen atoms in total. The topological polar surface area (TPSA) is 55.2 Å². The average molecular weight is 342 g/mol. The number of benzene rings is 2. The van der Waals surface area contributed by atoms with Gasteiger partial charge in [-0.05, 0) is 24.3 Å². The van der Waals surface area contributed by atoms with Crippen molar-refractivity contribution >= 4 is 28.8 Å². The van der Waals surface area contributed by atoms with E-state index in [1.807, 2.05) is 13.8 Å². The Labute approximate surface area is 134 Å². The van der Waals surface area contributed by atoms with Crippen LogP contribution in [0.2, 0.25) is 0 Å². The molecule has 122 valence electrons. The number of hydrogen-bond donors (Lipinski definition) is 1. The van der Waals surface area contributed by atoms with Gasteiger partial charge in [-0.2, -0.15) is 13.2 Å². The second kappa shape index (κ2) is 6.49. The average Bonchev–Trinajstić information content (AvgIpc) is 2.52. The number of anilines is 2. The minimum atomic E-state index is -4.41. The first kappa shape index (κ1) is 17.1. The molecule has 0 aliphatic carbocycles. The predicted molar refractivity (Wildman–Crippen MR) is 83.3 cm³/mol. The second-order valence-electron chi connectivity index (χ2n) is 4.37. The van der Waals surface area contributed by atoms with E-state index in [0.29, 0.717) is 21.2 Å². The van der Waals surface area contributed by atoms with Crippen LogP contribution in [0.4, 0.5) is 30.2 Å². The van der Waals surface area contributed by atoms with Crippen molar-refractivity contribution < 1.29 is 18.1 Å². The molecule has 8 heteroatoms. The molecule has 1 N–H and O–H groups in total. The number of nitrogens with zero attached hydrogens (tertiary/aromatic N) is 1. The third-order valence-electron chi connectivity index (χ3n) is 2.97. The van der Waals surface area contributed by atoms with Crippen molar-refractivity contribution in [3.8, 4) is 0 Å². The van der Waals surface area contributed by atoms with E-state index in [0.717, 1.165) is 12.1 Å². The van der Waals surface area contributed by atoms with Crippen LogP contribution in [-0.4, -0.2) is 4.92 Å². The number of rotatable bonds is 1. The van der Waals surface area contributed by atoms with Gasteiger partial charge in [-0.1, -0.05) is 25.6 Å². The molecule has 0 radical (unpaired) electrons. The predicted octanol–water partition coefficient (Wildman–Crippen LogP) is 5.85. The number of alkyl halides is 3. The van der Waals surface area contributed by atoms with E-state index in [2.05, 4.69) is 5.32 Å². The summed E-state index contributed by atoms with van der Waals surface area (Å²) < 4.78 is 38.1. The van der Waals surface area contributed by atoms with E-state index in [1.54, 1.807) is 0 Å². The fourth-order valence-corrected chi connectivity index (χ4v) is 2.97. The normalized spacial score (nSPS) is 12.2. The summed E-state index contributed by atoms with van der Waals surface area (Å²) in [7, 11) is 0. The molecule has 0 bridgehead atoms. The standard InChI is InChI=1S/C13H7F3N2O2S.C2H6/c14-13(15,16)7-1-4-11-10(5-7)17-9-3-2-8(18(19)20)6-12(9)21-11;1-2/h1-6,17H;1-2H3. The number of nitro benzene ring substituents is 1. The van der Waals surface area contributed by atoms with Crippen molar-refractivity contribution in [2.45, 2.75) is 29.8 Å². The number of fused-ring (bicyclic) bond motifs is 2. The number of non-ortho nitro benzene ring substituents is 1. The van der Waals surface area contributed by atoms with Crippen LogP contribution in [0.15, 0.2) is 46.2 Å². The zero-order chi connectivity index (χ0) is 17.2. The second-order valence-corrected chi connectivity index (χ2v) is 5.46. The van der Waals surface area contributed by atoms with Crippen LogP contribution in [0, 0.1) is 10.1 Å². The van der Waals surface area contributed by atoms with E-state index < -0.39 is 16.7 Å². The van der Waals surface area contributed by atoms with Crippen molar-refractivity contribution in [2.24, 2.45) is 0 Å². The first-order valence-electron chi connectivity index (χ1n) is 6.79. The number of nitro groups is 1. The van der Waals surface area contributed by atoms with Gasteiger partial charge in [0.2, 0.25) is 0 Å². The molecule has 0 atom stereocenters. The molecule has 0 saturated heterocycles. The summed E-state index contributed by atoms with van der Waals surface area (Å²) in [5, 5.41) is 13.6. The number of hydrogen-bond acceptors (Lipinski definition) is 4. The Morgan fingerprint density at radius 1 is 1.04 bits per heavy atom. The minimum Gasteiger partial charge on any atom is -0.354 e. The van der Waals surface area contributed by atoms with Crippen LogP contribution in [0.3, 0.4) is 0 Å². The third-order valence-corrected chi connectivity index (χ3v) is 4.11. The molecule has 2 aromatic carbocycles. The van der Waals surface area contributed by atoms with Gasteiger partial charge in [0.1, 0.15) is 0 Å². The summed E-state index contributed by atoms with van der Waals surface area (Å²) in [5.74, 6) is 0. The summed E-state index contributed by atoms with van der Waals surface area (Å²) in [6.07, 6.45) is -4.41. The van der Waals surface area contributed by atoms with Gasteiger partial charge in [0.15, 0.2) is 0 Å². The molecule has 3 rings (SSSR count). The Morgan fingerprint density at radius 3 is 2.35 bits per heavy atom. The quantitative estimate of drug-likeness (QED) is 0.445. The zero-order valence-corrected chi connectivity index (χ0v) is 13.1. The minimum absolute atomic E-state index is 0.0570. The number of halogens is 3. The highest BCUT2D eigenvalue weighted by Crippen LogP contribution is 2.46. The first-order valence-corrected chi connectivity index (χ1v) is 7.61. The van der Waals surface area contributed by atoms with E-state index in [4.69, 9.17) is 0 Å². The van der Waals surface area contributed by atoms with Crippen LogP contribution in [0.5, 0.6) is 0 Å². The molecular weight excluding hydrogens is 329 g/mol. The summed E-state index contributed by atoms with van der Waals surface area (Å²) >= 11 is 1.20. The van der Waals surface area contributed by atoms with Gasteiger partial charge in [-0.15, -0.1) is 0 Å². The molecule has 0 amide bonds. The summed E-state index contributed by atoms with van der Waals surface area (Å²) in [6, 6.07) is 7.59. The van der Waals surface area contributed by atoms with E-state index in [-0.39, 0.29) is 5.69 Å². The largest absolute Gasteiger partial charge is 0.416 e. The third kappa shape index (κ3) is 3.58. The van der Waals surface area contributed by atoms with E-state index >= 15 is 0 Å². The van der Waals surface area contributed by atoms with Gasteiger partial charge in [0.05, 0.1) is 21.9 Å². The first-order chi connectivity index (χ1) is 10.8. The molecule has 0 aromatic heterocycles. The van der Waals surface area contributed by atoms with Gasteiger partial charge in [0.25, 0.3) is 5.69 Å². The Kier molecular flexibility index (Phi) is 4.84. The smallest absolute Gasteiger partial charge is 0.354 e. The Morgan fingerprint density at radius 2 is 1.74 bits per heavy atom. The summed E-state index contributed by atoms with van der Waals surface area (Å²) in [5.41, 5.74) is 0.103. The van der Waals surface area contributed by atoms with Gasteiger partial charge < -0.3 is 5.32 Å². The fraction of sp³-hybridized carbons (Fsp3) is 0.200. The molecule has 23 heavy (non-hydrogen) atoms. The molecule has 0 spiro atoms. The highest BCUT2D eigenvalue weighted by molar-refractivity contribution is 7.99. The summed E-state index contributed by atoms with van der Waals surface area (Å²) in [6.45, 7) is 4.00. The van der Waals surface area contributed by atoms with Crippen LogP contribution in [0.25, 0.3) is 0 Å². The van der Waals surface area contributed by atoms with Crippen LogP contribution in [0.1, 0.15) is 19.4 Å². The maximum Gasteiger partial charge on any atom is 0.416 e. The monoisotopic (exact) mass is 342 g/mol. The fourth-order valence-electron chi connectivity index (χ4n) is 1.97. The molecule has 0 unspecified atom stereocenters. The van der Waals surface area contributed by atoms with Gasteiger partial charge in [0, 0.05) is 21.9 Å². The Hall–Kier alpha value is -2.22. The van der Waals surface area contributed by atoms with Crippen molar-refractivity contribution in [3.05, 3.63) is 52.1 Å². The lowest BCUT2D eigenvalue weighted by Gasteiger charge is -2.21. The SMILES string of the molecule is CC.O=[N+]([O-])c1ccc2c(c1)Sc1ccc(C(F)(F)F)cc1N2. The molecule has 0 fully saturated rings. The molecule has 2 aromatic rings. The molecule has 0 saturated carbocycles. The maximum absolute atomic E-state index is 12.7. The lowest BCUT2D eigenvalue weighted by atomic mass is 10.1. The van der Waals surface area contributed by atoms with Gasteiger partial charge >= 0.3 is 6.18 Å². The van der Waals surface area contributed by atoms with Crippen molar-refractivity contribution in [1.29, 1.82) is 0 Å². The molecule has 1 aliphatic rings. The molecular formula is C15H13F3N2O2S. The zero-order valence-electron chi connectivity index (χ0n) is 12.3. The van der Waals surface area contributed by atoms with Crippen molar-refractivity contribution in [2.75, 3.05) is 5.32 Å². The highest BCUT2D eigenvalue weighted by Gasteiger charge is 2.32. The van der Waals surface area contributed by atoms with Crippen LogP contribution >= 0.6 is 11.8 Å². The van der Waals surface area contributed by atoms with E-state index in [1.165, 1.54) is 36.0 Å².